The fraction of sp³-hybridized carbons (Fsp3) is 0.414. The first kappa shape index (κ1) is 31.2. The molecule has 1 heterocycles. The molecule has 6 nitrogen and oxygen atoms in total. The first-order valence-electron chi connectivity index (χ1n) is 12.3. The van der Waals surface area contributed by atoms with E-state index < -0.39 is 28.4 Å². The Kier molecular flexibility index (Phi) is 10.4. The van der Waals surface area contributed by atoms with Crippen LogP contribution in [0.4, 0.5) is 13.8 Å². The molecule has 0 fully saturated rings. The molecular weight excluding hydrogens is 508 g/mol. The van der Waals surface area contributed by atoms with Crippen LogP contribution in [0.25, 0.3) is 10.6 Å². The lowest BCUT2D eigenvalue weighted by molar-refractivity contribution is 0.0441. The minimum atomic E-state index is -1.44. The molecular formula is C29H37F2N3O3S. The van der Waals surface area contributed by atoms with Gasteiger partial charge in [0.2, 0.25) is 0 Å². The minimum absolute atomic E-state index is 0.00131. The molecule has 1 unspecified atom stereocenters. The molecule has 9 heteroatoms. The number of hydrogen-bond acceptors (Lipinski definition) is 6. The third-order valence-electron chi connectivity index (χ3n) is 6.05. The predicted molar refractivity (Wildman–Crippen MR) is 151 cm³/mol. The Hall–Kier alpha value is -3.01. The molecule has 0 saturated heterocycles. The lowest BCUT2D eigenvalue weighted by Crippen LogP contribution is -2.27. The molecule has 3 N–H and O–H groups in total. The van der Waals surface area contributed by atoms with Crippen molar-refractivity contribution in [3.63, 3.8) is 0 Å². The number of aliphatic imine (C=N–C) groups is 1. The van der Waals surface area contributed by atoms with Crippen LogP contribution in [0.15, 0.2) is 53.7 Å². The molecule has 0 bridgehead atoms. The average molecular weight is 546 g/mol. The van der Waals surface area contributed by atoms with Gasteiger partial charge in [0.05, 0.1) is 16.8 Å². The van der Waals surface area contributed by atoms with Crippen LogP contribution < -0.4 is 5.32 Å². The van der Waals surface area contributed by atoms with Gasteiger partial charge in [-0.2, -0.15) is 0 Å². The highest BCUT2D eigenvalue weighted by Gasteiger charge is 2.26. The molecule has 1 aromatic carbocycles. The van der Waals surface area contributed by atoms with Crippen molar-refractivity contribution in [3.8, 4) is 10.6 Å². The zero-order chi connectivity index (χ0) is 28.8. The van der Waals surface area contributed by atoms with Crippen molar-refractivity contribution in [2.45, 2.75) is 72.5 Å². The number of amidine groups is 1. The van der Waals surface area contributed by atoms with Gasteiger partial charge in [0, 0.05) is 18.0 Å². The highest BCUT2D eigenvalue weighted by molar-refractivity contribution is 7.19. The number of nitrogens with one attached hydrogen (secondary N) is 1. The van der Waals surface area contributed by atoms with E-state index in [9.17, 15) is 15.0 Å². The standard InChI is InChI=1S/C29H37F2N3O3S/c1-9-11-12-22(35)25-27(33-23(32-18(4)10-2)14-13-17(3)28(5,6)36)38-26(34-25)24-20(30)15-19(16-21(24)31)29(7,8)37/h9-10,13-17,36-37H,1,11-12H2,2-8H3,(H,32,33)/b14-13-,18-10-. The largest absolute Gasteiger partial charge is 0.390 e. The van der Waals surface area contributed by atoms with E-state index in [1.54, 1.807) is 32.1 Å². The fourth-order valence-electron chi connectivity index (χ4n) is 3.12. The molecule has 0 radical (unpaired) electrons. The Morgan fingerprint density at radius 2 is 1.84 bits per heavy atom. The van der Waals surface area contributed by atoms with Crippen molar-refractivity contribution in [1.29, 1.82) is 0 Å². The van der Waals surface area contributed by atoms with Crippen molar-refractivity contribution >= 4 is 28.0 Å². The van der Waals surface area contributed by atoms with Gasteiger partial charge >= 0.3 is 0 Å². The summed E-state index contributed by atoms with van der Waals surface area (Å²) in [4.78, 5) is 21.9. The number of carbonyl (C=O) groups is 1. The Morgan fingerprint density at radius 3 is 2.34 bits per heavy atom. The number of carbonyl (C=O) groups excluding carboxylic acids is 1. The second-order valence-electron chi connectivity index (χ2n) is 10.2. The van der Waals surface area contributed by atoms with Gasteiger partial charge in [0.25, 0.3) is 0 Å². The van der Waals surface area contributed by atoms with Crippen LogP contribution in [-0.4, -0.2) is 32.4 Å². The molecule has 0 spiro atoms. The Labute approximate surface area is 227 Å². The summed E-state index contributed by atoms with van der Waals surface area (Å²) < 4.78 is 30.2. The van der Waals surface area contributed by atoms with E-state index in [0.29, 0.717) is 12.3 Å². The van der Waals surface area contributed by atoms with Crippen LogP contribution in [0, 0.1) is 17.6 Å². The Morgan fingerprint density at radius 1 is 1.24 bits per heavy atom. The van der Waals surface area contributed by atoms with Gasteiger partial charge in [-0.3, -0.25) is 4.79 Å². The van der Waals surface area contributed by atoms with E-state index in [1.165, 1.54) is 13.8 Å². The molecule has 0 aliphatic rings. The van der Waals surface area contributed by atoms with E-state index in [2.05, 4.69) is 21.9 Å². The third-order valence-corrected chi connectivity index (χ3v) is 7.02. The van der Waals surface area contributed by atoms with E-state index in [1.807, 2.05) is 26.8 Å². The maximum absolute atomic E-state index is 15.1. The van der Waals surface area contributed by atoms with Crippen LogP contribution in [-0.2, 0) is 5.60 Å². The molecule has 2 rings (SSSR count). The lowest BCUT2D eigenvalue weighted by Gasteiger charge is -2.22. The first-order chi connectivity index (χ1) is 17.6. The van der Waals surface area contributed by atoms with Crippen molar-refractivity contribution in [1.82, 2.24) is 10.3 Å². The number of Topliss-reactive ketones (excluding diaryl/α,β-unsaturated/α-hetero) is 1. The summed E-state index contributed by atoms with van der Waals surface area (Å²) in [6, 6.07) is 2.12. The van der Waals surface area contributed by atoms with Gasteiger partial charge < -0.3 is 15.5 Å². The van der Waals surface area contributed by atoms with Gasteiger partial charge in [0.15, 0.2) is 5.78 Å². The number of thiazole rings is 1. The average Bonchev–Trinajstić information content (AvgIpc) is 3.21. The molecule has 0 aliphatic carbocycles. The second kappa shape index (κ2) is 12.7. The van der Waals surface area contributed by atoms with Crippen LogP contribution in [0.2, 0.25) is 0 Å². The quantitative estimate of drug-likeness (QED) is 0.123. The summed E-state index contributed by atoms with van der Waals surface area (Å²) in [5.74, 6) is -2.00. The summed E-state index contributed by atoms with van der Waals surface area (Å²) in [6.45, 7) is 15.4. The number of aliphatic hydroxyl groups is 2. The lowest BCUT2D eigenvalue weighted by atomic mass is 9.92. The second-order valence-corrected chi connectivity index (χ2v) is 11.2. The molecule has 0 aliphatic heterocycles. The van der Waals surface area contributed by atoms with Gasteiger partial charge in [-0.25, -0.2) is 18.8 Å². The van der Waals surface area contributed by atoms with Gasteiger partial charge in [0.1, 0.15) is 33.2 Å². The molecule has 206 valence electrons. The summed E-state index contributed by atoms with van der Waals surface area (Å²) in [7, 11) is 0. The molecule has 0 saturated carbocycles. The first-order valence-corrected chi connectivity index (χ1v) is 13.2. The normalized spacial score (nSPS) is 14.2. The number of ketones is 1. The van der Waals surface area contributed by atoms with E-state index in [4.69, 9.17) is 0 Å². The molecule has 38 heavy (non-hydrogen) atoms. The van der Waals surface area contributed by atoms with Crippen LogP contribution >= 0.6 is 11.3 Å². The fourth-order valence-corrected chi connectivity index (χ4v) is 4.14. The topological polar surface area (TPSA) is 94.8 Å². The summed E-state index contributed by atoms with van der Waals surface area (Å²) >= 11 is 0.888. The zero-order valence-electron chi connectivity index (χ0n) is 23.0. The highest BCUT2D eigenvalue weighted by atomic mass is 32.1. The minimum Gasteiger partial charge on any atom is -0.390 e. The molecule has 1 aromatic heterocycles. The van der Waals surface area contributed by atoms with Crippen molar-refractivity contribution in [2.24, 2.45) is 10.9 Å². The van der Waals surface area contributed by atoms with Gasteiger partial charge in [-0.05, 0) is 71.7 Å². The number of rotatable bonds is 11. The maximum Gasteiger partial charge on any atom is 0.184 e. The van der Waals surface area contributed by atoms with Crippen LogP contribution in [0.5, 0.6) is 0 Å². The smallest absolute Gasteiger partial charge is 0.184 e. The molecule has 1 atom stereocenters. The number of hydrogen-bond donors (Lipinski definition) is 3. The maximum atomic E-state index is 15.1. The highest BCUT2D eigenvalue weighted by Crippen LogP contribution is 2.39. The number of aromatic nitrogens is 1. The van der Waals surface area contributed by atoms with Crippen molar-refractivity contribution in [3.05, 3.63) is 71.6 Å². The number of nitrogens with zero attached hydrogens (tertiary/aromatic N) is 2. The Bertz CT molecular complexity index is 1240. The molecule has 0 amide bonds. The number of allylic oxidation sites excluding steroid dienone is 3. The predicted octanol–water partition coefficient (Wildman–Crippen LogP) is 6.97. The van der Waals surface area contributed by atoms with Crippen molar-refractivity contribution < 1.29 is 23.8 Å². The number of benzene rings is 1. The van der Waals surface area contributed by atoms with E-state index in [0.717, 1.165) is 29.2 Å². The van der Waals surface area contributed by atoms with Crippen molar-refractivity contribution in [2.75, 3.05) is 0 Å². The summed E-state index contributed by atoms with van der Waals surface area (Å²) in [5, 5.41) is 23.8. The zero-order valence-corrected chi connectivity index (χ0v) is 23.8. The SMILES string of the molecule is C=CCCC(=O)c1nc(-c2c(F)cc(C(C)(C)O)cc2F)sc1N=C(/C=C\C(C)C(C)(C)O)N/C(C)=C\C. The van der Waals surface area contributed by atoms with Crippen LogP contribution in [0.3, 0.4) is 0 Å². The monoisotopic (exact) mass is 545 g/mol. The third kappa shape index (κ3) is 8.24. The van der Waals surface area contributed by atoms with E-state index in [-0.39, 0.29) is 39.4 Å². The van der Waals surface area contributed by atoms with Crippen LogP contribution in [0.1, 0.15) is 77.4 Å². The van der Waals surface area contributed by atoms with Gasteiger partial charge in [-0.15, -0.1) is 6.58 Å². The van der Waals surface area contributed by atoms with Gasteiger partial charge in [-0.1, -0.05) is 36.5 Å². The van der Waals surface area contributed by atoms with E-state index >= 15 is 8.78 Å². The summed E-state index contributed by atoms with van der Waals surface area (Å²) in [5.41, 5.74) is -1.94. The Balaban J connectivity index is 2.71. The summed E-state index contributed by atoms with van der Waals surface area (Å²) in [6.07, 6.45) is 7.43. The number of halogens is 2. The molecule has 2 aromatic rings.